The van der Waals surface area contributed by atoms with E-state index in [9.17, 15) is 9.18 Å². The summed E-state index contributed by atoms with van der Waals surface area (Å²) in [5.74, 6) is 0.0510. The molecule has 4 rings (SSSR count). The van der Waals surface area contributed by atoms with Gasteiger partial charge in [0, 0.05) is 5.56 Å². The number of hydrogen-bond donors (Lipinski definition) is 0. The number of rotatable bonds is 5. The van der Waals surface area contributed by atoms with E-state index >= 15 is 0 Å². The average Bonchev–Trinajstić information content (AvgIpc) is 3.32. The first kappa shape index (κ1) is 18.6. The van der Waals surface area contributed by atoms with Crippen molar-refractivity contribution in [2.75, 3.05) is 0 Å². The van der Waals surface area contributed by atoms with Crippen LogP contribution in [0, 0.1) is 19.7 Å². The number of benzene rings is 2. The Balaban J connectivity index is 1.49. The molecule has 6 nitrogen and oxygen atoms in total. The maximum Gasteiger partial charge on any atom is 0.342 e. The summed E-state index contributed by atoms with van der Waals surface area (Å²) in [5, 5.41) is 4.38. The molecule has 0 aliphatic heterocycles. The highest BCUT2D eigenvalue weighted by Gasteiger charge is 2.21. The first-order valence-electron chi connectivity index (χ1n) is 9.02. The summed E-state index contributed by atoms with van der Waals surface area (Å²) in [5.41, 5.74) is 3.05. The summed E-state index contributed by atoms with van der Waals surface area (Å²) in [4.78, 5) is 16.8. The number of carbonyl (C=O) groups excluding carboxylic acids is 1. The molecule has 2 aromatic heterocycles. The molecule has 0 radical (unpaired) electrons. The second kappa shape index (κ2) is 7.71. The minimum atomic E-state index is -0.521. The van der Waals surface area contributed by atoms with Gasteiger partial charge in [0.1, 0.15) is 11.4 Å². The molecule has 2 heterocycles. The van der Waals surface area contributed by atoms with Gasteiger partial charge in [-0.3, -0.25) is 0 Å². The molecule has 0 amide bonds. The van der Waals surface area contributed by atoms with E-state index in [-0.39, 0.29) is 12.4 Å². The summed E-state index contributed by atoms with van der Waals surface area (Å²) in [6.45, 7) is 3.40. The zero-order valence-corrected chi connectivity index (χ0v) is 15.9. The molecular weight excluding hydrogens is 373 g/mol. The molecule has 0 aliphatic rings. The van der Waals surface area contributed by atoms with Gasteiger partial charge in [-0.1, -0.05) is 30.3 Å². The summed E-state index contributed by atoms with van der Waals surface area (Å²) in [7, 11) is 0. The molecule has 146 valence electrons. The quantitative estimate of drug-likeness (QED) is 0.464. The smallest absolute Gasteiger partial charge is 0.342 e. The number of esters is 1. The maximum absolute atomic E-state index is 13.2. The largest absolute Gasteiger partial charge is 0.452 e. The number of oxazole rings is 1. The van der Waals surface area contributed by atoms with Crippen LogP contribution in [0.4, 0.5) is 4.39 Å². The summed E-state index contributed by atoms with van der Waals surface area (Å²) in [6, 6.07) is 15.4. The molecule has 0 fully saturated rings. The Kier molecular flexibility index (Phi) is 4.95. The Bertz CT molecular complexity index is 1150. The number of nitrogens with zero attached hydrogens (tertiary/aromatic N) is 3. The van der Waals surface area contributed by atoms with Crippen molar-refractivity contribution in [2.45, 2.75) is 20.5 Å². The van der Waals surface area contributed by atoms with E-state index in [1.165, 1.54) is 12.1 Å². The van der Waals surface area contributed by atoms with Gasteiger partial charge in [-0.15, -0.1) is 0 Å². The third kappa shape index (κ3) is 3.80. The molecule has 0 N–H and O–H groups in total. The van der Waals surface area contributed by atoms with Crippen molar-refractivity contribution in [3.63, 3.8) is 0 Å². The SMILES string of the molecule is Cc1nn(-c2ccc(F)cc2)c(C)c1C(=O)OCc1ncc(-c2ccccc2)o1. The number of aryl methyl sites for hydroxylation is 1. The zero-order chi connectivity index (χ0) is 20.4. The van der Waals surface area contributed by atoms with Crippen LogP contribution in [0.2, 0.25) is 0 Å². The molecule has 0 saturated heterocycles. The third-order valence-corrected chi connectivity index (χ3v) is 4.51. The Labute approximate surface area is 166 Å². The molecule has 7 heteroatoms. The number of carbonyl (C=O) groups is 1. The van der Waals surface area contributed by atoms with Crippen LogP contribution < -0.4 is 0 Å². The first-order valence-corrected chi connectivity index (χ1v) is 9.02. The first-order chi connectivity index (χ1) is 14.0. The lowest BCUT2D eigenvalue weighted by Gasteiger charge is -2.05. The van der Waals surface area contributed by atoms with Gasteiger partial charge >= 0.3 is 5.97 Å². The highest BCUT2D eigenvalue weighted by Crippen LogP contribution is 2.22. The van der Waals surface area contributed by atoms with E-state index < -0.39 is 5.97 Å². The van der Waals surface area contributed by atoms with Crippen LogP contribution in [0.15, 0.2) is 65.2 Å². The second-order valence-corrected chi connectivity index (χ2v) is 6.49. The van der Waals surface area contributed by atoms with Gasteiger partial charge in [0.15, 0.2) is 12.4 Å². The molecule has 0 bridgehead atoms. The fourth-order valence-electron chi connectivity index (χ4n) is 3.08. The molecule has 0 aliphatic carbocycles. The van der Waals surface area contributed by atoms with Crippen molar-refractivity contribution in [2.24, 2.45) is 0 Å². The lowest BCUT2D eigenvalue weighted by Crippen LogP contribution is -2.08. The predicted molar refractivity (Wildman–Crippen MR) is 104 cm³/mol. The third-order valence-electron chi connectivity index (χ3n) is 4.51. The zero-order valence-electron chi connectivity index (χ0n) is 15.9. The number of halogens is 1. The summed E-state index contributed by atoms with van der Waals surface area (Å²) in [6.07, 6.45) is 1.60. The van der Waals surface area contributed by atoms with Gasteiger partial charge in [0.25, 0.3) is 0 Å². The molecule has 2 aromatic carbocycles. The van der Waals surface area contributed by atoms with Crippen molar-refractivity contribution in [1.29, 1.82) is 0 Å². The summed E-state index contributed by atoms with van der Waals surface area (Å²) >= 11 is 0. The van der Waals surface area contributed by atoms with Crippen LogP contribution in [0.3, 0.4) is 0 Å². The van der Waals surface area contributed by atoms with Gasteiger partial charge < -0.3 is 9.15 Å². The molecular formula is C22H18FN3O3. The molecule has 0 saturated carbocycles. The van der Waals surface area contributed by atoms with Gasteiger partial charge in [0.2, 0.25) is 5.89 Å². The fourth-order valence-corrected chi connectivity index (χ4v) is 3.08. The second-order valence-electron chi connectivity index (χ2n) is 6.49. The normalized spacial score (nSPS) is 10.9. The van der Waals surface area contributed by atoms with Crippen LogP contribution >= 0.6 is 0 Å². The van der Waals surface area contributed by atoms with Crippen molar-refractivity contribution in [3.8, 4) is 17.0 Å². The predicted octanol–water partition coefficient (Wildman–Crippen LogP) is 4.64. The van der Waals surface area contributed by atoms with Crippen molar-refractivity contribution < 1.29 is 18.3 Å². The molecule has 29 heavy (non-hydrogen) atoms. The Morgan fingerprint density at radius 1 is 1.10 bits per heavy atom. The molecule has 0 spiro atoms. The molecule has 0 atom stereocenters. The molecule has 0 unspecified atom stereocenters. The molecule has 4 aromatic rings. The van der Waals surface area contributed by atoms with Crippen LogP contribution in [-0.2, 0) is 11.3 Å². The Morgan fingerprint density at radius 3 is 2.55 bits per heavy atom. The summed E-state index contributed by atoms with van der Waals surface area (Å²) < 4.78 is 25.8. The monoisotopic (exact) mass is 391 g/mol. The van der Waals surface area contributed by atoms with Crippen LogP contribution in [-0.4, -0.2) is 20.7 Å². The van der Waals surface area contributed by atoms with Gasteiger partial charge in [-0.2, -0.15) is 5.10 Å². The van der Waals surface area contributed by atoms with Crippen molar-refractivity contribution in [3.05, 3.63) is 89.5 Å². The van der Waals surface area contributed by atoms with Crippen LogP contribution in [0.25, 0.3) is 17.0 Å². The van der Waals surface area contributed by atoms with Crippen molar-refractivity contribution >= 4 is 5.97 Å². The standard InChI is InChI=1S/C22H18FN3O3/c1-14-21(15(2)26(25-14)18-10-8-17(23)9-11-18)22(27)28-13-20-24-12-19(29-20)16-6-4-3-5-7-16/h3-12H,13H2,1-2H3. The van der Waals surface area contributed by atoms with Crippen LogP contribution in [0.1, 0.15) is 27.6 Å². The van der Waals surface area contributed by atoms with E-state index in [0.29, 0.717) is 34.3 Å². The topological polar surface area (TPSA) is 70.2 Å². The number of aromatic nitrogens is 3. The van der Waals surface area contributed by atoms with Gasteiger partial charge in [0.05, 0.1) is 23.3 Å². The van der Waals surface area contributed by atoms with Gasteiger partial charge in [-0.05, 0) is 38.1 Å². The maximum atomic E-state index is 13.2. The average molecular weight is 391 g/mol. The number of ether oxygens (including phenoxy) is 1. The van der Waals surface area contributed by atoms with Crippen LogP contribution in [0.5, 0.6) is 0 Å². The Hall–Kier alpha value is -3.74. The van der Waals surface area contributed by atoms with E-state index in [0.717, 1.165) is 5.56 Å². The minimum Gasteiger partial charge on any atom is -0.452 e. The minimum absolute atomic E-state index is 0.0910. The van der Waals surface area contributed by atoms with Gasteiger partial charge in [-0.25, -0.2) is 18.9 Å². The Morgan fingerprint density at radius 2 is 1.83 bits per heavy atom. The van der Waals surface area contributed by atoms with E-state index in [1.54, 1.807) is 36.9 Å². The van der Waals surface area contributed by atoms with E-state index in [4.69, 9.17) is 9.15 Å². The number of hydrogen-bond acceptors (Lipinski definition) is 5. The van der Waals surface area contributed by atoms with E-state index in [2.05, 4.69) is 10.1 Å². The lowest BCUT2D eigenvalue weighted by molar-refractivity contribution is 0.0437. The highest BCUT2D eigenvalue weighted by atomic mass is 19.1. The lowest BCUT2D eigenvalue weighted by atomic mass is 10.2. The highest BCUT2D eigenvalue weighted by molar-refractivity contribution is 5.92. The fraction of sp³-hybridized carbons (Fsp3) is 0.136. The van der Waals surface area contributed by atoms with E-state index in [1.807, 2.05) is 30.3 Å². The van der Waals surface area contributed by atoms with Crippen molar-refractivity contribution in [1.82, 2.24) is 14.8 Å².